The molecule has 0 saturated carbocycles. The maximum atomic E-state index is 11.9. The monoisotopic (exact) mass is 390 g/mol. The number of phenolic OH excluding ortho intramolecular Hbond substituents is 1. The predicted octanol–water partition coefficient (Wildman–Crippen LogP) is 3.60. The fraction of sp³-hybridized carbons (Fsp3) is 0.111. The summed E-state index contributed by atoms with van der Waals surface area (Å²) in [6.45, 7) is -0.330. The van der Waals surface area contributed by atoms with E-state index in [0.717, 1.165) is 4.47 Å². The molecular formula is C18H15BrO5. The fourth-order valence-electron chi connectivity index (χ4n) is 1.87. The van der Waals surface area contributed by atoms with Crippen molar-refractivity contribution in [2.24, 2.45) is 0 Å². The number of Topliss-reactive ketones (excluding diaryl/α,β-unsaturated/α-hetero) is 1. The highest BCUT2D eigenvalue weighted by Crippen LogP contribution is 2.26. The molecular weight excluding hydrogens is 376 g/mol. The lowest BCUT2D eigenvalue weighted by atomic mass is 10.1. The molecule has 5 nitrogen and oxygen atoms in total. The Morgan fingerprint density at radius 1 is 1.17 bits per heavy atom. The summed E-state index contributed by atoms with van der Waals surface area (Å²) in [4.78, 5) is 23.6. The summed E-state index contributed by atoms with van der Waals surface area (Å²) in [6.07, 6.45) is 2.72. The highest BCUT2D eigenvalue weighted by Gasteiger charge is 2.08. The van der Waals surface area contributed by atoms with E-state index in [2.05, 4.69) is 15.9 Å². The van der Waals surface area contributed by atoms with Crippen LogP contribution in [0.5, 0.6) is 11.5 Å². The van der Waals surface area contributed by atoms with Crippen molar-refractivity contribution in [3.05, 3.63) is 64.1 Å². The SMILES string of the molecule is COc1cc(C=CC(=O)OCC(=O)c2ccc(Br)cc2)ccc1O. The molecule has 0 heterocycles. The van der Waals surface area contributed by atoms with Gasteiger partial charge in [0.05, 0.1) is 7.11 Å². The summed E-state index contributed by atoms with van der Waals surface area (Å²) >= 11 is 3.28. The van der Waals surface area contributed by atoms with E-state index in [4.69, 9.17) is 9.47 Å². The number of ether oxygens (including phenoxy) is 2. The van der Waals surface area contributed by atoms with Crippen LogP contribution in [0.2, 0.25) is 0 Å². The first-order chi connectivity index (χ1) is 11.5. The maximum absolute atomic E-state index is 11.9. The van der Waals surface area contributed by atoms with Crippen LogP contribution in [0.4, 0.5) is 0 Å². The average molecular weight is 391 g/mol. The minimum Gasteiger partial charge on any atom is -0.504 e. The summed E-state index contributed by atoms with van der Waals surface area (Å²) in [5, 5.41) is 9.50. The van der Waals surface area contributed by atoms with Crippen LogP contribution in [-0.2, 0) is 9.53 Å². The zero-order chi connectivity index (χ0) is 17.5. The summed E-state index contributed by atoms with van der Waals surface area (Å²) in [5.41, 5.74) is 1.12. The maximum Gasteiger partial charge on any atom is 0.331 e. The van der Waals surface area contributed by atoms with Gasteiger partial charge in [-0.1, -0.05) is 34.1 Å². The average Bonchev–Trinajstić information content (AvgIpc) is 2.59. The van der Waals surface area contributed by atoms with E-state index in [-0.39, 0.29) is 18.1 Å². The molecule has 0 radical (unpaired) electrons. The van der Waals surface area contributed by atoms with Crippen LogP contribution >= 0.6 is 15.9 Å². The summed E-state index contributed by atoms with van der Waals surface area (Å²) in [5.74, 6) is -0.601. The Labute approximate surface area is 147 Å². The molecule has 0 aliphatic heterocycles. The second-order valence-corrected chi connectivity index (χ2v) is 5.72. The first-order valence-electron chi connectivity index (χ1n) is 7.00. The number of hydrogen-bond acceptors (Lipinski definition) is 5. The summed E-state index contributed by atoms with van der Waals surface area (Å²) < 4.78 is 10.8. The van der Waals surface area contributed by atoms with Gasteiger partial charge in [-0.2, -0.15) is 0 Å². The molecule has 0 spiro atoms. The summed E-state index contributed by atoms with van der Waals surface area (Å²) in [6, 6.07) is 11.4. The van der Waals surface area contributed by atoms with Gasteiger partial charge >= 0.3 is 5.97 Å². The molecule has 6 heteroatoms. The van der Waals surface area contributed by atoms with Crippen LogP contribution in [-0.4, -0.2) is 30.6 Å². The summed E-state index contributed by atoms with van der Waals surface area (Å²) in [7, 11) is 1.44. The number of carbonyl (C=O) groups is 2. The Morgan fingerprint density at radius 2 is 1.88 bits per heavy atom. The molecule has 2 aromatic rings. The highest BCUT2D eigenvalue weighted by molar-refractivity contribution is 9.10. The minimum atomic E-state index is -0.632. The van der Waals surface area contributed by atoms with E-state index in [1.54, 1.807) is 36.4 Å². The van der Waals surface area contributed by atoms with E-state index in [1.807, 2.05) is 0 Å². The Kier molecular flexibility index (Phi) is 6.14. The molecule has 124 valence electrons. The van der Waals surface area contributed by atoms with Gasteiger partial charge in [0.15, 0.2) is 23.9 Å². The quantitative estimate of drug-likeness (QED) is 0.463. The van der Waals surface area contributed by atoms with E-state index in [0.29, 0.717) is 16.9 Å². The van der Waals surface area contributed by atoms with Gasteiger partial charge in [0, 0.05) is 16.1 Å². The third-order valence-corrected chi connectivity index (χ3v) is 3.66. The minimum absolute atomic E-state index is 0.0114. The number of ketones is 1. The molecule has 2 rings (SSSR count). The molecule has 1 N–H and O–H groups in total. The van der Waals surface area contributed by atoms with Crippen molar-refractivity contribution in [2.75, 3.05) is 13.7 Å². The molecule has 0 unspecified atom stereocenters. The first kappa shape index (κ1) is 17.7. The highest BCUT2D eigenvalue weighted by atomic mass is 79.9. The van der Waals surface area contributed by atoms with Gasteiger partial charge in [-0.05, 0) is 35.9 Å². The Morgan fingerprint density at radius 3 is 2.54 bits per heavy atom. The molecule has 0 aliphatic rings. The molecule has 0 atom stereocenters. The van der Waals surface area contributed by atoms with Crippen molar-refractivity contribution < 1.29 is 24.2 Å². The lowest BCUT2D eigenvalue weighted by Crippen LogP contribution is -2.12. The van der Waals surface area contributed by atoms with Crippen molar-refractivity contribution in [3.63, 3.8) is 0 Å². The third kappa shape index (κ3) is 4.96. The number of benzene rings is 2. The van der Waals surface area contributed by atoms with Crippen molar-refractivity contribution in [1.29, 1.82) is 0 Å². The number of methoxy groups -OCH3 is 1. The molecule has 0 aliphatic carbocycles. The van der Waals surface area contributed by atoms with E-state index < -0.39 is 5.97 Å². The van der Waals surface area contributed by atoms with E-state index in [1.165, 1.54) is 25.3 Å². The lowest BCUT2D eigenvalue weighted by molar-refractivity contribution is -0.136. The second kappa shape index (κ2) is 8.31. The Bertz CT molecular complexity index is 765. The zero-order valence-corrected chi connectivity index (χ0v) is 14.4. The molecule has 24 heavy (non-hydrogen) atoms. The second-order valence-electron chi connectivity index (χ2n) is 4.80. The van der Waals surface area contributed by atoms with Gasteiger partial charge in [-0.15, -0.1) is 0 Å². The third-order valence-electron chi connectivity index (χ3n) is 3.13. The van der Waals surface area contributed by atoms with Crippen molar-refractivity contribution >= 4 is 33.8 Å². The lowest BCUT2D eigenvalue weighted by Gasteiger charge is -2.04. The fourth-order valence-corrected chi connectivity index (χ4v) is 2.13. The van der Waals surface area contributed by atoms with Crippen molar-refractivity contribution in [2.45, 2.75) is 0 Å². The molecule has 0 saturated heterocycles. The number of phenols is 1. The van der Waals surface area contributed by atoms with Gasteiger partial charge < -0.3 is 14.6 Å². The number of carbonyl (C=O) groups excluding carboxylic acids is 2. The van der Waals surface area contributed by atoms with Gasteiger partial charge in [-0.25, -0.2) is 4.79 Å². The number of halogens is 1. The van der Waals surface area contributed by atoms with Crippen LogP contribution in [0.1, 0.15) is 15.9 Å². The van der Waals surface area contributed by atoms with E-state index in [9.17, 15) is 14.7 Å². The van der Waals surface area contributed by atoms with Gasteiger partial charge in [-0.3, -0.25) is 4.79 Å². The molecule has 2 aromatic carbocycles. The number of esters is 1. The number of hydrogen-bond donors (Lipinski definition) is 1. The van der Waals surface area contributed by atoms with Crippen molar-refractivity contribution in [3.8, 4) is 11.5 Å². The van der Waals surface area contributed by atoms with Crippen LogP contribution in [0, 0.1) is 0 Å². The number of rotatable bonds is 6. The predicted molar refractivity (Wildman–Crippen MR) is 93.1 cm³/mol. The Hall–Kier alpha value is -2.60. The normalized spacial score (nSPS) is 10.6. The van der Waals surface area contributed by atoms with Gasteiger partial charge in [0.2, 0.25) is 0 Å². The van der Waals surface area contributed by atoms with Gasteiger partial charge in [0.25, 0.3) is 0 Å². The largest absolute Gasteiger partial charge is 0.504 e. The molecule has 0 amide bonds. The van der Waals surface area contributed by atoms with Crippen molar-refractivity contribution in [1.82, 2.24) is 0 Å². The molecule has 0 bridgehead atoms. The van der Waals surface area contributed by atoms with Crippen LogP contribution in [0.3, 0.4) is 0 Å². The molecule has 0 fully saturated rings. The van der Waals surface area contributed by atoms with Crippen LogP contribution in [0.15, 0.2) is 53.0 Å². The number of aromatic hydroxyl groups is 1. The van der Waals surface area contributed by atoms with E-state index >= 15 is 0 Å². The first-order valence-corrected chi connectivity index (χ1v) is 7.79. The van der Waals surface area contributed by atoms with Gasteiger partial charge in [0.1, 0.15) is 0 Å². The van der Waals surface area contributed by atoms with Crippen LogP contribution in [0.25, 0.3) is 6.08 Å². The topological polar surface area (TPSA) is 72.8 Å². The standard InChI is InChI=1S/C18H15BrO5/c1-23-17-10-12(2-8-15(17)20)3-9-18(22)24-11-16(21)13-4-6-14(19)7-5-13/h2-10,20H,11H2,1H3. The van der Waals surface area contributed by atoms with Crippen LogP contribution < -0.4 is 4.74 Å². The zero-order valence-electron chi connectivity index (χ0n) is 12.9. The molecule has 0 aromatic heterocycles. The Balaban J connectivity index is 1.91. The smallest absolute Gasteiger partial charge is 0.331 e.